The van der Waals surface area contributed by atoms with Crippen LogP contribution in [0.1, 0.15) is 0 Å². The van der Waals surface area contributed by atoms with Gasteiger partial charge in [0.05, 0.1) is 33.0 Å². The van der Waals surface area contributed by atoms with E-state index in [0.717, 1.165) is 0 Å². The number of rotatable bonds is 8. The van der Waals surface area contributed by atoms with Gasteiger partial charge in [-0.15, -0.1) is 0 Å². The molecule has 0 rings (SSSR count). The lowest BCUT2D eigenvalue weighted by Crippen LogP contribution is -2.34. The van der Waals surface area contributed by atoms with Gasteiger partial charge in [0.15, 0.2) is 6.29 Å². The first-order valence-corrected chi connectivity index (χ1v) is 3.99. The maximum atomic E-state index is 8.74. The molecule has 0 heterocycles. The molecule has 0 radical (unpaired) electrons. The Hall–Kier alpha value is -0.240. The largest absolute Gasteiger partial charge is 0.394 e. The average Bonchev–Trinajstić information content (AvgIpc) is 2.10. The summed E-state index contributed by atoms with van der Waals surface area (Å²) in [4.78, 5) is 0. The van der Waals surface area contributed by atoms with Crippen molar-refractivity contribution in [3.05, 3.63) is 0 Å². The fraction of sp³-hybridized carbons (Fsp3) is 1.00. The lowest BCUT2D eigenvalue weighted by molar-refractivity contribution is -0.168. The van der Waals surface area contributed by atoms with E-state index in [9.17, 15) is 0 Å². The lowest BCUT2D eigenvalue weighted by atomic mass is 10.3. The van der Waals surface area contributed by atoms with E-state index in [2.05, 4.69) is 0 Å². The van der Waals surface area contributed by atoms with Gasteiger partial charge < -0.3 is 29.9 Å². The predicted octanol–water partition coefficient (Wildman–Crippen LogP) is -2.32. The van der Waals surface area contributed by atoms with Gasteiger partial charge in [-0.25, -0.2) is 0 Å². The van der Waals surface area contributed by atoms with Gasteiger partial charge >= 0.3 is 0 Å². The molecule has 6 heteroatoms. The number of aliphatic hydroxyl groups excluding tert-OH is 3. The Kier molecular flexibility index (Phi) is 8.21. The number of ether oxygens (including phenoxy) is 2. The third-order valence-electron chi connectivity index (χ3n) is 1.27. The molecule has 0 aromatic heterocycles. The highest BCUT2D eigenvalue weighted by Gasteiger charge is 2.16. The monoisotopic (exact) mass is 196 g/mol. The normalized spacial score (nSPS) is 13.6. The van der Waals surface area contributed by atoms with Crippen LogP contribution in [0.15, 0.2) is 0 Å². The summed E-state index contributed by atoms with van der Waals surface area (Å²) in [7, 11) is 0. The highest BCUT2D eigenvalue weighted by atomic mass is 16.6. The van der Waals surface area contributed by atoms with E-state index in [-0.39, 0.29) is 33.0 Å². The molecule has 0 saturated carbocycles. The molecule has 13 heavy (non-hydrogen) atoms. The smallest absolute Gasteiger partial charge is 0.180 e. The Bertz CT molecular complexity index is 107. The van der Waals surface area contributed by atoms with Crippen molar-refractivity contribution in [3.63, 3.8) is 0 Å². The Morgan fingerprint density at radius 3 is 2.08 bits per heavy atom. The minimum absolute atomic E-state index is 0.0186. The topological polar surface area (TPSA) is 99.4 Å². The molecule has 0 spiro atoms. The fourth-order valence-corrected chi connectivity index (χ4v) is 0.688. The highest BCUT2D eigenvalue weighted by Crippen LogP contribution is 1.97. The van der Waals surface area contributed by atoms with Crippen LogP contribution in [-0.4, -0.2) is 65.9 Å². The van der Waals surface area contributed by atoms with Gasteiger partial charge in [-0.05, 0) is 0 Å². The molecule has 1 atom stereocenters. The zero-order valence-corrected chi connectivity index (χ0v) is 7.30. The van der Waals surface area contributed by atoms with Crippen LogP contribution in [0.3, 0.4) is 0 Å². The van der Waals surface area contributed by atoms with E-state index in [1.165, 1.54) is 0 Å². The van der Waals surface area contributed by atoms with Gasteiger partial charge in [0, 0.05) is 0 Å². The zero-order valence-electron chi connectivity index (χ0n) is 7.30. The molecule has 0 aliphatic heterocycles. The molecule has 4 N–H and O–H groups in total. The van der Waals surface area contributed by atoms with Crippen LogP contribution < -0.4 is 0 Å². The second-order valence-electron chi connectivity index (χ2n) is 2.34. The summed E-state index contributed by atoms with van der Waals surface area (Å²) in [5.74, 6) is 0. The van der Waals surface area contributed by atoms with E-state index in [0.29, 0.717) is 0 Å². The van der Waals surface area contributed by atoms with Gasteiger partial charge in [0.25, 0.3) is 0 Å². The number of hydrogen-bond donors (Lipinski definition) is 4. The van der Waals surface area contributed by atoms with Crippen molar-refractivity contribution in [1.29, 1.82) is 0 Å². The summed E-state index contributed by atoms with van der Waals surface area (Å²) >= 11 is 0. The standard InChI is InChI=1S/C7H16O6/c8-1-3-12-5-6(7(10)11)13-4-2-9/h6-11H,1-5H2. The van der Waals surface area contributed by atoms with Gasteiger partial charge in [-0.3, -0.25) is 0 Å². The maximum Gasteiger partial charge on any atom is 0.180 e. The maximum absolute atomic E-state index is 8.74. The second kappa shape index (κ2) is 8.36. The van der Waals surface area contributed by atoms with Crippen molar-refractivity contribution in [2.75, 3.05) is 33.0 Å². The molecular weight excluding hydrogens is 180 g/mol. The molecule has 0 aromatic rings. The van der Waals surface area contributed by atoms with E-state index in [4.69, 9.17) is 29.9 Å². The molecule has 0 aromatic carbocycles. The van der Waals surface area contributed by atoms with E-state index in [1.807, 2.05) is 0 Å². The molecule has 80 valence electrons. The molecule has 0 aliphatic carbocycles. The molecular formula is C7H16O6. The molecule has 0 amide bonds. The third kappa shape index (κ3) is 6.88. The van der Waals surface area contributed by atoms with Crippen LogP contribution in [-0.2, 0) is 9.47 Å². The first-order valence-electron chi connectivity index (χ1n) is 3.99. The van der Waals surface area contributed by atoms with Crippen LogP contribution >= 0.6 is 0 Å². The number of hydrogen-bond acceptors (Lipinski definition) is 6. The van der Waals surface area contributed by atoms with Gasteiger partial charge in [0.1, 0.15) is 6.10 Å². The SMILES string of the molecule is OCCOCC(OCCO)C(O)O. The number of aliphatic hydroxyl groups is 4. The minimum atomic E-state index is -1.65. The van der Waals surface area contributed by atoms with Gasteiger partial charge in [-0.1, -0.05) is 0 Å². The molecule has 0 fully saturated rings. The zero-order chi connectivity index (χ0) is 10.1. The first kappa shape index (κ1) is 12.8. The van der Waals surface area contributed by atoms with Crippen LogP contribution in [0.25, 0.3) is 0 Å². The van der Waals surface area contributed by atoms with E-state index < -0.39 is 12.4 Å². The van der Waals surface area contributed by atoms with Crippen LogP contribution in [0, 0.1) is 0 Å². The average molecular weight is 196 g/mol. The molecule has 6 nitrogen and oxygen atoms in total. The minimum Gasteiger partial charge on any atom is -0.394 e. The summed E-state index contributed by atoms with van der Waals surface area (Å²) in [6, 6.07) is 0. The Morgan fingerprint density at radius 2 is 1.62 bits per heavy atom. The highest BCUT2D eigenvalue weighted by molar-refractivity contribution is 4.58. The molecule has 0 bridgehead atoms. The van der Waals surface area contributed by atoms with E-state index >= 15 is 0 Å². The Morgan fingerprint density at radius 1 is 1.00 bits per heavy atom. The fourth-order valence-electron chi connectivity index (χ4n) is 0.688. The van der Waals surface area contributed by atoms with Crippen molar-refractivity contribution >= 4 is 0 Å². The summed E-state index contributed by atoms with van der Waals surface area (Å²) in [5, 5.41) is 34.3. The lowest BCUT2D eigenvalue weighted by Gasteiger charge is -2.18. The molecule has 0 saturated heterocycles. The summed E-state index contributed by atoms with van der Waals surface area (Å²) < 4.78 is 9.67. The first-order chi connectivity index (χ1) is 6.22. The Balaban J connectivity index is 3.54. The van der Waals surface area contributed by atoms with Gasteiger partial charge in [-0.2, -0.15) is 0 Å². The predicted molar refractivity (Wildman–Crippen MR) is 43.0 cm³/mol. The van der Waals surface area contributed by atoms with Crippen LogP contribution in [0.4, 0.5) is 0 Å². The van der Waals surface area contributed by atoms with Crippen LogP contribution in [0.2, 0.25) is 0 Å². The van der Waals surface area contributed by atoms with Crippen molar-refractivity contribution in [2.45, 2.75) is 12.4 Å². The second-order valence-corrected chi connectivity index (χ2v) is 2.34. The van der Waals surface area contributed by atoms with E-state index in [1.54, 1.807) is 0 Å². The van der Waals surface area contributed by atoms with Crippen molar-refractivity contribution in [3.8, 4) is 0 Å². The van der Waals surface area contributed by atoms with Crippen molar-refractivity contribution in [1.82, 2.24) is 0 Å². The quantitative estimate of drug-likeness (QED) is 0.257. The molecule has 1 unspecified atom stereocenters. The van der Waals surface area contributed by atoms with Crippen molar-refractivity contribution < 1.29 is 29.9 Å². The van der Waals surface area contributed by atoms with Gasteiger partial charge in [0.2, 0.25) is 0 Å². The Labute approximate surface area is 76.3 Å². The third-order valence-corrected chi connectivity index (χ3v) is 1.27. The summed E-state index contributed by atoms with van der Waals surface area (Å²) in [6.07, 6.45) is -2.54. The van der Waals surface area contributed by atoms with Crippen LogP contribution in [0.5, 0.6) is 0 Å². The summed E-state index contributed by atoms with van der Waals surface area (Å²) in [5.41, 5.74) is 0. The summed E-state index contributed by atoms with van der Waals surface area (Å²) in [6.45, 7) is -0.216. The molecule has 0 aliphatic rings. The van der Waals surface area contributed by atoms with Crippen molar-refractivity contribution in [2.24, 2.45) is 0 Å².